The van der Waals surface area contributed by atoms with Gasteiger partial charge in [0.15, 0.2) is 5.69 Å². The number of aromatic nitrogens is 2. The highest BCUT2D eigenvalue weighted by molar-refractivity contribution is 6.30. The van der Waals surface area contributed by atoms with Crippen LogP contribution >= 0.6 is 11.6 Å². The summed E-state index contributed by atoms with van der Waals surface area (Å²) >= 11 is 6.06. The molecular weight excluding hydrogens is 368 g/mol. The van der Waals surface area contributed by atoms with Crippen molar-refractivity contribution < 1.29 is 19.4 Å². The molecule has 0 radical (unpaired) electrons. The first-order chi connectivity index (χ1) is 13.0. The monoisotopic (exact) mass is 386 g/mol. The molecule has 0 fully saturated rings. The number of methoxy groups -OCH3 is 1. The number of phenols is 1. The Hall–Kier alpha value is -2.99. The Morgan fingerprint density at radius 2 is 1.93 bits per heavy atom. The van der Waals surface area contributed by atoms with E-state index in [4.69, 9.17) is 21.1 Å². The average molecular weight is 387 g/mol. The summed E-state index contributed by atoms with van der Waals surface area (Å²) in [5, 5.41) is 14.4. The quantitative estimate of drug-likeness (QED) is 0.648. The van der Waals surface area contributed by atoms with Crippen LogP contribution in [0.15, 0.2) is 48.5 Å². The molecule has 0 saturated heterocycles. The molecule has 0 unspecified atom stereocenters. The van der Waals surface area contributed by atoms with Gasteiger partial charge in [0, 0.05) is 23.2 Å². The largest absolute Gasteiger partial charge is 0.508 e. The number of benzene rings is 2. The van der Waals surface area contributed by atoms with E-state index in [0.717, 1.165) is 11.3 Å². The molecule has 1 heterocycles. The molecule has 0 aliphatic heterocycles. The summed E-state index contributed by atoms with van der Waals surface area (Å²) in [6.07, 6.45) is 0.498. The van der Waals surface area contributed by atoms with E-state index in [0.29, 0.717) is 22.9 Å². The standard InChI is InChI=1S/C20H19ClN2O4/c1-3-27-20(25)17-12-15(10-13-4-7-16(24)8-5-13)23(22-17)18-9-6-14(21)11-19(18)26-2/h4-9,11-12,24H,3,10H2,1-2H3. The summed E-state index contributed by atoms with van der Waals surface area (Å²) in [5.74, 6) is 0.239. The van der Waals surface area contributed by atoms with Gasteiger partial charge in [-0.05, 0) is 42.8 Å². The smallest absolute Gasteiger partial charge is 0.358 e. The molecule has 3 aromatic rings. The molecule has 0 amide bonds. The molecule has 0 atom stereocenters. The number of rotatable bonds is 6. The van der Waals surface area contributed by atoms with Gasteiger partial charge < -0.3 is 14.6 Å². The summed E-state index contributed by atoms with van der Waals surface area (Å²) in [4.78, 5) is 12.2. The van der Waals surface area contributed by atoms with Crippen molar-refractivity contribution in [1.29, 1.82) is 0 Å². The fraction of sp³-hybridized carbons (Fsp3) is 0.200. The molecule has 0 aliphatic rings. The molecule has 0 spiro atoms. The SMILES string of the molecule is CCOC(=O)c1cc(Cc2ccc(O)cc2)n(-c2ccc(Cl)cc2OC)n1. The molecule has 3 rings (SSSR count). The second-order valence-electron chi connectivity index (χ2n) is 5.81. The lowest BCUT2D eigenvalue weighted by Gasteiger charge is -2.12. The number of carbonyl (C=O) groups is 1. The molecule has 0 aliphatic carbocycles. The van der Waals surface area contributed by atoms with E-state index in [-0.39, 0.29) is 18.1 Å². The van der Waals surface area contributed by atoms with E-state index in [1.807, 2.05) is 12.1 Å². The molecular formula is C20H19ClN2O4. The van der Waals surface area contributed by atoms with Crippen LogP contribution < -0.4 is 4.74 Å². The number of hydrogen-bond acceptors (Lipinski definition) is 5. The normalized spacial score (nSPS) is 10.6. The third kappa shape index (κ3) is 4.23. The Bertz CT molecular complexity index is 951. The van der Waals surface area contributed by atoms with Gasteiger partial charge in [-0.2, -0.15) is 5.10 Å². The molecule has 0 bridgehead atoms. The summed E-state index contributed by atoms with van der Waals surface area (Å²) in [6.45, 7) is 2.01. The molecule has 6 nitrogen and oxygen atoms in total. The average Bonchev–Trinajstić information content (AvgIpc) is 3.07. The molecule has 1 N–H and O–H groups in total. The number of ether oxygens (including phenoxy) is 2. The number of carbonyl (C=O) groups excluding carboxylic acids is 1. The van der Waals surface area contributed by atoms with Crippen LogP contribution in [0.5, 0.6) is 11.5 Å². The van der Waals surface area contributed by atoms with Gasteiger partial charge in [0.2, 0.25) is 0 Å². The lowest BCUT2D eigenvalue weighted by Crippen LogP contribution is -2.08. The second-order valence-corrected chi connectivity index (χ2v) is 6.25. The van der Waals surface area contributed by atoms with Gasteiger partial charge in [-0.1, -0.05) is 23.7 Å². The van der Waals surface area contributed by atoms with E-state index in [9.17, 15) is 9.90 Å². The summed E-state index contributed by atoms with van der Waals surface area (Å²) in [5.41, 5.74) is 2.59. The molecule has 27 heavy (non-hydrogen) atoms. The molecule has 7 heteroatoms. The zero-order valence-electron chi connectivity index (χ0n) is 15.0. The number of esters is 1. The van der Waals surface area contributed by atoms with Crippen LogP contribution in [0.25, 0.3) is 5.69 Å². The van der Waals surface area contributed by atoms with Crippen molar-refractivity contribution >= 4 is 17.6 Å². The highest BCUT2D eigenvalue weighted by atomic mass is 35.5. The topological polar surface area (TPSA) is 73.6 Å². The maximum absolute atomic E-state index is 12.2. The first kappa shape index (κ1) is 18.8. The van der Waals surface area contributed by atoms with Crippen LogP contribution in [0.3, 0.4) is 0 Å². The predicted molar refractivity (Wildman–Crippen MR) is 102 cm³/mol. The fourth-order valence-corrected chi connectivity index (χ4v) is 2.87. The van der Waals surface area contributed by atoms with E-state index in [1.165, 1.54) is 0 Å². The molecule has 1 aromatic heterocycles. The van der Waals surface area contributed by atoms with Crippen LogP contribution in [0, 0.1) is 0 Å². The maximum Gasteiger partial charge on any atom is 0.358 e. The molecule has 2 aromatic carbocycles. The van der Waals surface area contributed by atoms with Crippen molar-refractivity contribution in [2.24, 2.45) is 0 Å². The number of hydrogen-bond donors (Lipinski definition) is 1. The summed E-state index contributed by atoms with van der Waals surface area (Å²) in [7, 11) is 1.55. The zero-order valence-corrected chi connectivity index (χ0v) is 15.7. The molecule has 140 valence electrons. The predicted octanol–water partition coefficient (Wildman–Crippen LogP) is 4.01. The van der Waals surface area contributed by atoms with E-state index in [1.54, 1.807) is 55.1 Å². The highest BCUT2D eigenvalue weighted by Crippen LogP contribution is 2.28. The lowest BCUT2D eigenvalue weighted by atomic mass is 10.1. The van der Waals surface area contributed by atoms with Crippen molar-refractivity contribution in [2.45, 2.75) is 13.3 Å². The van der Waals surface area contributed by atoms with Crippen LogP contribution in [0.1, 0.15) is 28.7 Å². The minimum absolute atomic E-state index is 0.193. The van der Waals surface area contributed by atoms with Crippen molar-refractivity contribution in [3.8, 4) is 17.2 Å². The van der Waals surface area contributed by atoms with Gasteiger partial charge >= 0.3 is 5.97 Å². The summed E-state index contributed by atoms with van der Waals surface area (Å²) in [6, 6.07) is 13.8. The van der Waals surface area contributed by atoms with E-state index < -0.39 is 5.97 Å². The third-order valence-corrected chi connectivity index (χ3v) is 4.19. The number of halogens is 1. The number of phenolic OH excluding ortho intramolecular Hbond substituents is 1. The Labute approximate surface area is 161 Å². The van der Waals surface area contributed by atoms with Crippen LogP contribution in [-0.4, -0.2) is 34.6 Å². The van der Waals surface area contributed by atoms with Gasteiger partial charge in [0.1, 0.15) is 17.2 Å². The van der Waals surface area contributed by atoms with Gasteiger partial charge in [-0.3, -0.25) is 0 Å². The fourth-order valence-electron chi connectivity index (χ4n) is 2.71. The first-order valence-electron chi connectivity index (χ1n) is 8.39. The molecule has 0 saturated carbocycles. The van der Waals surface area contributed by atoms with Crippen LogP contribution in [0.4, 0.5) is 0 Å². The first-order valence-corrected chi connectivity index (χ1v) is 8.77. The maximum atomic E-state index is 12.2. The van der Waals surface area contributed by atoms with Gasteiger partial charge in [-0.25, -0.2) is 9.48 Å². The Kier molecular flexibility index (Phi) is 5.66. The Morgan fingerprint density at radius 3 is 2.59 bits per heavy atom. The van der Waals surface area contributed by atoms with Crippen molar-refractivity contribution in [3.05, 3.63) is 70.5 Å². The van der Waals surface area contributed by atoms with Crippen molar-refractivity contribution in [3.63, 3.8) is 0 Å². The van der Waals surface area contributed by atoms with Crippen molar-refractivity contribution in [2.75, 3.05) is 13.7 Å². The minimum atomic E-state index is -0.490. The third-order valence-electron chi connectivity index (χ3n) is 3.96. The van der Waals surface area contributed by atoms with Crippen LogP contribution in [-0.2, 0) is 11.2 Å². The van der Waals surface area contributed by atoms with E-state index >= 15 is 0 Å². The van der Waals surface area contributed by atoms with Crippen LogP contribution in [0.2, 0.25) is 5.02 Å². The second kappa shape index (κ2) is 8.14. The lowest BCUT2D eigenvalue weighted by molar-refractivity contribution is 0.0519. The van der Waals surface area contributed by atoms with Gasteiger partial charge in [0.05, 0.1) is 13.7 Å². The van der Waals surface area contributed by atoms with E-state index in [2.05, 4.69) is 5.10 Å². The van der Waals surface area contributed by atoms with Crippen molar-refractivity contribution in [1.82, 2.24) is 9.78 Å². The Morgan fingerprint density at radius 1 is 1.19 bits per heavy atom. The van der Waals surface area contributed by atoms with Gasteiger partial charge in [-0.15, -0.1) is 0 Å². The highest BCUT2D eigenvalue weighted by Gasteiger charge is 2.19. The zero-order chi connectivity index (χ0) is 19.4. The Balaban J connectivity index is 2.07. The van der Waals surface area contributed by atoms with Gasteiger partial charge in [0.25, 0.3) is 0 Å². The summed E-state index contributed by atoms with van der Waals surface area (Å²) < 4.78 is 12.1. The minimum Gasteiger partial charge on any atom is -0.508 e. The number of nitrogens with zero attached hydrogens (tertiary/aromatic N) is 2. The number of aromatic hydroxyl groups is 1.